The normalized spacial score (nSPS) is 25.0. The third-order valence-corrected chi connectivity index (χ3v) is 9.57. The lowest BCUT2D eigenvalue weighted by Crippen LogP contribution is -2.07. The number of rotatable bonds is 3. The predicted molar refractivity (Wildman–Crippen MR) is 163 cm³/mol. The first-order valence-corrected chi connectivity index (χ1v) is 17.6. The first kappa shape index (κ1) is 32.2. The van der Waals surface area contributed by atoms with E-state index < -0.39 is 0 Å². The molecule has 0 N–H and O–H groups in total. The minimum absolute atomic E-state index is 1.04. The predicted octanol–water partition coefficient (Wildman–Crippen LogP) is 13.1. The minimum atomic E-state index is 1.04. The summed E-state index contributed by atoms with van der Waals surface area (Å²) >= 11 is 0. The summed E-state index contributed by atoms with van der Waals surface area (Å²) in [5.74, 6) is 2.07. The van der Waals surface area contributed by atoms with Crippen molar-refractivity contribution in [3.8, 4) is 0 Å². The smallest absolute Gasteiger partial charge is 0.0386 e. The fourth-order valence-electron chi connectivity index (χ4n) is 6.99. The second kappa shape index (κ2) is 25.3. The Morgan fingerprint density at radius 1 is 0.278 bits per heavy atom. The second-order valence-corrected chi connectivity index (χ2v) is 13.0. The zero-order valence-electron chi connectivity index (χ0n) is 24.9. The van der Waals surface area contributed by atoms with Crippen LogP contribution in [-0.2, 0) is 0 Å². The molecule has 0 saturated heterocycles. The topological polar surface area (TPSA) is 0 Å². The van der Waals surface area contributed by atoms with Gasteiger partial charge in [-0.2, -0.15) is 0 Å². The molecule has 212 valence electrons. The molecule has 0 aliphatic heterocycles. The second-order valence-electron chi connectivity index (χ2n) is 13.0. The number of hydrogen-bond donors (Lipinski definition) is 0. The zero-order chi connectivity index (χ0) is 25.2. The van der Waals surface area contributed by atoms with Gasteiger partial charge in [0.05, 0.1) is 0 Å². The molecule has 2 rings (SSSR count). The molecule has 2 unspecified atom stereocenters. The van der Waals surface area contributed by atoms with Gasteiger partial charge >= 0.3 is 0 Å². The molecule has 0 aromatic heterocycles. The van der Waals surface area contributed by atoms with Crippen LogP contribution in [0, 0.1) is 24.7 Å². The molecule has 0 spiro atoms. The molecule has 0 nitrogen and oxygen atoms in total. The van der Waals surface area contributed by atoms with Crippen molar-refractivity contribution in [3.63, 3.8) is 0 Å². The Balaban J connectivity index is 1.74. The van der Waals surface area contributed by atoms with Crippen LogP contribution in [0.15, 0.2) is 0 Å². The molecular formula is C36H68. The van der Waals surface area contributed by atoms with Crippen LogP contribution in [0.25, 0.3) is 0 Å². The van der Waals surface area contributed by atoms with E-state index in [1.54, 1.807) is 12.8 Å². The third kappa shape index (κ3) is 20.0. The average molecular weight is 501 g/mol. The summed E-state index contributed by atoms with van der Waals surface area (Å²) in [4.78, 5) is 0. The van der Waals surface area contributed by atoms with Gasteiger partial charge in [-0.05, 0) is 24.7 Å². The Bertz CT molecular complexity index is 350. The van der Waals surface area contributed by atoms with Crippen LogP contribution < -0.4 is 0 Å². The van der Waals surface area contributed by atoms with Crippen molar-refractivity contribution in [2.75, 3.05) is 0 Å². The SMILES string of the molecule is [CH]1CCCCCCCCC(CCC2CCCCCCC[CH]CCCCCCCC2)CCCCCCC1. The molecule has 36 heavy (non-hydrogen) atoms. The quantitative estimate of drug-likeness (QED) is 0.361. The van der Waals surface area contributed by atoms with Gasteiger partial charge < -0.3 is 0 Å². The number of hydrogen-bond acceptors (Lipinski definition) is 0. The van der Waals surface area contributed by atoms with Gasteiger partial charge in [0.15, 0.2) is 0 Å². The van der Waals surface area contributed by atoms with Crippen molar-refractivity contribution in [2.24, 2.45) is 11.8 Å². The third-order valence-electron chi connectivity index (χ3n) is 9.57. The molecule has 0 bridgehead atoms. The van der Waals surface area contributed by atoms with Gasteiger partial charge in [-0.25, -0.2) is 0 Å². The molecule has 2 saturated carbocycles. The summed E-state index contributed by atoms with van der Waals surface area (Å²) < 4.78 is 0. The highest BCUT2D eigenvalue weighted by atomic mass is 14.2. The van der Waals surface area contributed by atoms with E-state index in [0.29, 0.717) is 0 Å². The molecule has 0 heterocycles. The maximum absolute atomic E-state index is 2.59. The van der Waals surface area contributed by atoms with E-state index in [1.165, 1.54) is 193 Å². The molecule has 0 amide bonds. The summed E-state index contributed by atoms with van der Waals surface area (Å²) in [6.07, 6.45) is 52.6. The lowest BCUT2D eigenvalue weighted by molar-refractivity contribution is 0.309. The van der Waals surface area contributed by atoms with Crippen LogP contribution in [0.4, 0.5) is 0 Å². The lowest BCUT2D eigenvalue weighted by Gasteiger charge is -2.22. The van der Waals surface area contributed by atoms with Gasteiger partial charge in [-0.1, -0.05) is 205 Å². The van der Waals surface area contributed by atoms with Crippen LogP contribution in [-0.4, -0.2) is 0 Å². The Labute approximate surface area is 230 Å². The van der Waals surface area contributed by atoms with E-state index >= 15 is 0 Å². The maximum atomic E-state index is 2.59. The summed E-state index contributed by atoms with van der Waals surface area (Å²) in [7, 11) is 0. The molecule has 2 atom stereocenters. The van der Waals surface area contributed by atoms with Gasteiger partial charge in [-0.3, -0.25) is 0 Å². The maximum Gasteiger partial charge on any atom is -0.0386 e. The lowest BCUT2D eigenvalue weighted by atomic mass is 9.84. The van der Waals surface area contributed by atoms with E-state index in [4.69, 9.17) is 0 Å². The van der Waals surface area contributed by atoms with Gasteiger partial charge in [0.25, 0.3) is 0 Å². The molecule has 0 aromatic rings. The van der Waals surface area contributed by atoms with Gasteiger partial charge in [0.2, 0.25) is 0 Å². The molecule has 0 aromatic carbocycles. The van der Waals surface area contributed by atoms with Gasteiger partial charge in [-0.15, -0.1) is 0 Å². The van der Waals surface area contributed by atoms with Gasteiger partial charge in [0.1, 0.15) is 0 Å². The molecule has 2 aliphatic rings. The van der Waals surface area contributed by atoms with Crippen molar-refractivity contribution in [2.45, 2.75) is 205 Å². The highest BCUT2D eigenvalue weighted by molar-refractivity contribution is 4.69. The van der Waals surface area contributed by atoms with Crippen molar-refractivity contribution < 1.29 is 0 Å². The highest BCUT2D eigenvalue weighted by Crippen LogP contribution is 2.30. The minimum Gasteiger partial charge on any atom is -0.0533 e. The Morgan fingerprint density at radius 2 is 0.500 bits per heavy atom. The standard InChI is InChI=1S/C36H68/c1-2-6-10-14-18-22-26-30-35(29-25-21-17-13-9-5-1)33-34-36-31-27-23-19-15-11-7-3-4-8-12-16-20-24-28-32-36/h1,3,35-36H,2,4-34H2. The van der Waals surface area contributed by atoms with Crippen LogP contribution in [0.1, 0.15) is 205 Å². The largest absolute Gasteiger partial charge is 0.0533 e. The van der Waals surface area contributed by atoms with Gasteiger partial charge in [0, 0.05) is 0 Å². The molecule has 0 heteroatoms. The average Bonchev–Trinajstić information content (AvgIpc) is 2.89. The summed E-state index contributed by atoms with van der Waals surface area (Å²) in [6, 6.07) is 0. The monoisotopic (exact) mass is 501 g/mol. The first-order chi connectivity index (χ1) is 17.9. The summed E-state index contributed by atoms with van der Waals surface area (Å²) in [5.41, 5.74) is 0. The fraction of sp³-hybridized carbons (Fsp3) is 0.944. The van der Waals surface area contributed by atoms with E-state index in [0.717, 1.165) is 11.8 Å². The Kier molecular flexibility index (Phi) is 22.6. The molecule has 2 fully saturated rings. The van der Waals surface area contributed by atoms with Crippen molar-refractivity contribution >= 4 is 0 Å². The van der Waals surface area contributed by atoms with Crippen LogP contribution in [0.5, 0.6) is 0 Å². The van der Waals surface area contributed by atoms with E-state index in [9.17, 15) is 0 Å². The van der Waals surface area contributed by atoms with Crippen LogP contribution in [0.2, 0.25) is 0 Å². The molecule has 2 aliphatic carbocycles. The molecule has 2 radical (unpaired) electrons. The Morgan fingerprint density at radius 3 is 0.778 bits per heavy atom. The van der Waals surface area contributed by atoms with Crippen molar-refractivity contribution in [1.29, 1.82) is 0 Å². The first-order valence-electron chi connectivity index (χ1n) is 17.6. The Hall–Kier alpha value is 0. The molecular weight excluding hydrogens is 432 g/mol. The van der Waals surface area contributed by atoms with Crippen LogP contribution in [0.3, 0.4) is 0 Å². The summed E-state index contributed by atoms with van der Waals surface area (Å²) in [5, 5.41) is 0. The fourth-order valence-corrected chi connectivity index (χ4v) is 6.99. The zero-order valence-corrected chi connectivity index (χ0v) is 24.9. The van der Waals surface area contributed by atoms with Crippen LogP contribution >= 0.6 is 0 Å². The van der Waals surface area contributed by atoms with Crippen molar-refractivity contribution in [1.82, 2.24) is 0 Å². The van der Waals surface area contributed by atoms with E-state index in [-0.39, 0.29) is 0 Å². The van der Waals surface area contributed by atoms with E-state index in [1.807, 2.05) is 0 Å². The highest BCUT2D eigenvalue weighted by Gasteiger charge is 2.14. The van der Waals surface area contributed by atoms with E-state index in [2.05, 4.69) is 12.8 Å². The summed E-state index contributed by atoms with van der Waals surface area (Å²) in [6.45, 7) is 0. The van der Waals surface area contributed by atoms with Crippen molar-refractivity contribution in [3.05, 3.63) is 12.8 Å².